The lowest BCUT2D eigenvalue weighted by molar-refractivity contribution is -0.117. The summed E-state index contributed by atoms with van der Waals surface area (Å²) in [6.07, 6.45) is 0.245. The number of rotatable bonds is 4. The smallest absolute Gasteiger partial charge is 0.228 e. The van der Waals surface area contributed by atoms with Crippen LogP contribution in [0.25, 0.3) is 0 Å². The van der Waals surface area contributed by atoms with Crippen LogP contribution in [0.3, 0.4) is 0 Å². The topological polar surface area (TPSA) is 67.9 Å². The van der Waals surface area contributed by atoms with Crippen LogP contribution in [0.2, 0.25) is 0 Å². The molecule has 2 aromatic rings. The molecule has 2 amide bonds. The van der Waals surface area contributed by atoms with Crippen LogP contribution in [0, 0.1) is 0 Å². The second-order valence-corrected chi connectivity index (χ2v) is 5.78. The van der Waals surface area contributed by atoms with E-state index in [9.17, 15) is 9.59 Å². The maximum Gasteiger partial charge on any atom is 0.228 e. The van der Waals surface area contributed by atoms with Gasteiger partial charge < -0.3 is 19.7 Å². The third-order valence-corrected chi connectivity index (χ3v) is 3.99. The molecular formula is C19H20N2O4. The molecule has 0 aromatic heterocycles. The number of hydrogen-bond acceptors (Lipinski definition) is 4. The first kappa shape index (κ1) is 16.8. The molecule has 1 heterocycles. The Hall–Kier alpha value is -3.02. The summed E-state index contributed by atoms with van der Waals surface area (Å²) in [5.41, 5.74) is 2.23. The van der Waals surface area contributed by atoms with Gasteiger partial charge in [0, 0.05) is 18.7 Å². The number of nitrogens with one attached hydrogen (secondary N) is 1. The van der Waals surface area contributed by atoms with Gasteiger partial charge in [-0.15, -0.1) is 0 Å². The summed E-state index contributed by atoms with van der Waals surface area (Å²) >= 11 is 0. The summed E-state index contributed by atoms with van der Waals surface area (Å²) in [4.78, 5) is 25.6. The minimum Gasteiger partial charge on any atom is -0.497 e. The Bertz CT molecular complexity index is 804. The van der Waals surface area contributed by atoms with Crippen LogP contribution in [0.5, 0.6) is 11.5 Å². The van der Waals surface area contributed by atoms with Gasteiger partial charge in [-0.25, -0.2) is 0 Å². The van der Waals surface area contributed by atoms with Crippen LogP contribution < -0.4 is 19.7 Å². The molecule has 130 valence electrons. The molecule has 1 aliphatic rings. The molecule has 0 radical (unpaired) electrons. The lowest BCUT2D eigenvalue weighted by atomic mass is 10.1. The van der Waals surface area contributed by atoms with Crippen molar-refractivity contribution in [3.05, 3.63) is 48.0 Å². The van der Waals surface area contributed by atoms with Crippen LogP contribution in [0.1, 0.15) is 12.5 Å². The summed E-state index contributed by atoms with van der Waals surface area (Å²) in [6.45, 7) is 2.50. The van der Waals surface area contributed by atoms with Crippen molar-refractivity contribution in [2.24, 2.45) is 0 Å². The van der Waals surface area contributed by atoms with Gasteiger partial charge in [0.15, 0.2) is 0 Å². The Labute approximate surface area is 146 Å². The number of amides is 2. The molecule has 0 spiro atoms. The molecule has 25 heavy (non-hydrogen) atoms. The minimum atomic E-state index is -0.132. The molecule has 0 saturated heterocycles. The lowest BCUT2D eigenvalue weighted by Gasteiger charge is -2.29. The molecule has 0 atom stereocenters. The van der Waals surface area contributed by atoms with Gasteiger partial charge in [0.2, 0.25) is 11.8 Å². The van der Waals surface area contributed by atoms with Gasteiger partial charge in [-0.3, -0.25) is 9.59 Å². The second kappa shape index (κ2) is 7.25. The zero-order chi connectivity index (χ0) is 17.8. The lowest BCUT2D eigenvalue weighted by Crippen LogP contribution is -2.36. The molecule has 1 aliphatic heterocycles. The highest BCUT2D eigenvalue weighted by molar-refractivity contribution is 5.96. The van der Waals surface area contributed by atoms with Crippen LogP contribution in [-0.2, 0) is 16.0 Å². The SMILES string of the molecule is COc1cccc(CC(=O)Nc2ccc3c(c2)OCCN3C(C)=O)c1. The van der Waals surface area contributed by atoms with Crippen LogP contribution in [0.4, 0.5) is 11.4 Å². The molecule has 1 N–H and O–H groups in total. The minimum absolute atomic E-state index is 0.0284. The van der Waals surface area contributed by atoms with Gasteiger partial charge in [0.1, 0.15) is 18.1 Å². The molecule has 6 nitrogen and oxygen atoms in total. The number of fused-ring (bicyclic) bond motifs is 1. The number of methoxy groups -OCH3 is 1. The molecule has 0 saturated carbocycles. The van der Waals surface area contributed by atoms with E-state index in [2.05, 4.69) is 5.32 Å². The predicted octanol–water partition coefficient (Wildman–Crippen LogP) is 2.62. The van der Waals surface area contributed by atoms with E-state index in [4.69, 9.17) is 9.47 Å². The first-order valence-corrected chi connectivity index (χ1v) is 8.04. The Balaban J connectivity index is 1.70. The standard InChI is InChI=1S/C19H20N2O4/c1-13(22)21-8-9-25-18-12-15(6-7-17(18)21)20-19(23)11-14-4-3-5-16(10-14)24-2/h3-7,10,12H,8-9,11H2,1-2H3,(H,20,23). The number of benzene rings is 2. The summed E-state index contributed by atoms with van der Waals surface area (Å²) in [5.74, 6) is 1.16. The van der Waals surface area contributed by atoms with Crippen molar-refractivity contribution in [1.29, 1.82) is 0 Å². The third kappa shape index (κ3) is 3.91. The average molecular weight is 340 g/mol. The van der Waals surface area contributed by atoms with Crippen molar-refractivity contribution in [1.82, 2.24) is 0 Å². The predicted molar refractivity (Wildman–Crippen MR) is 95.3 cm³/mol. The quantitative estimate of drug-likeness (QED) is 0.929. The van der Waals surface area contributed by atoms with Crippen molar-refractivity contribution in [3.8, 4) is 11.5 Å². The molecule has 0 bridgehead atoms. The van der Waals surface area contributed by atoms with E-state index in [1.807, 2.05) is 24.3 Å². The first-order chi connectivity index (χ1) is 12.1. The van der Waals surface area contributed by atoms with Gasteiger partial charge in [-0.1, -0.05) is 12.1 Å². The van der Waals surface area contributed by atoms with Crippen molar-refractivity contribution >= 4 is 23.2 Å². The van der Waals surface area contributed by atoms with E-state index in [1.54, 1.807) is 30.2 Å². The Morgan fingerprint density at radius 2 is 2.08 bits per heavy atom. The number of nitrogens with zero attached hydrogens (tertiary/aromatic N) is 1. The average Bonchev–Trinajstić information content (AvgIpc) is 2.61. The van der Waals surface area contributed by atoms with Crippen LogP contribution in [0.15, 0.2) is 42.5 Å². The number of carbonyl (C=O) groups is 2. The molecule has 0 unspecified atom stereocenters. The zero-order valence-electron chi connectivity index (χ0n) is 14.2. The third-order valence-electron chi connectivity index (χ3n) is 3.99. The fraction of sp³-hybridized carbons (Fsp3) is 0.263. The second-order valence-electron chi connectivity index (χ2n) is 5.78. The van der Waals surface area contributed by atoms with Crippen LogP contribution in [-0.4, -0.2) is 32.1 Å². The van der Waals surface area contributed by atoms with E-state index < -0.39 is 0 Å². The zero-order valence-corrected chi connectivity index (χ0v) is 14.2. The summed E-state index contributed by atoms with van der Waals surface area (Å²) < 4.78 is 10.8. The fourth-order valence-corrected chi connectivity index (χ4v) is 2.80. The molecular weight excluding hydrogens is 320 g/mol. The molecule has 0 aliphatic carbocycles. The van der Waals surface area contributed by atoms with Gasteiger partial charge in [-0.05, 0) is 29.8 Å². The van der Waals surface area contributed by atoms with Gasteiger partial charge in [0.25, 0.3) is 0 Å². The van der Waals surface area contributed by atoms with E-state index in [0.717, 1.165) is 17.0 Å². The number of hydrogen-bond donors (Lipinski definition) is 1. The molecule has 3 rings (SSSR count). The molecule has 2 aromatic carbocycles. The monoisotopic (exact) mass is 340 g/mol. The van der Waals surface area contributed by atoms with Gasteiger partial charge >= 0.3 is 0 Å². The van der Waals surface area contributed by atoms with E-state index >= 15 is 0 Å². The highest BCUT2D eigenvalue weighted by Crippen LogP contribution is 2.34. The largest absolute Gasteiger partial charge is 0.497 e. The first-order valence-electron chi connectivity index (χ1n) is 8.04. The van der Waals surface area contributed by atoms with Gasteiger partial charge in [-0.2, -0.15) is 0 Å². The number of ether oxygens (including phenoxy) is 2. The van der Waals surface area contributed by atoms with Crippen molar-refractivity contribution in [2.75, 3.05) is 30.5 Å². The number of carbonyl (C=O) groups excluding carboxylic acids is 2. The van der Waals surface area contributed by atoms with E-state index in [-0.39, 0.29) is 18.2 Å². The maximum atomic E-state index is 12.3. The van der Waals surface area contributed by atoms with Crippen LogP contribution >= 0.6 is 0 Å². The fourth-order valence-electron chi connectivity index (χ4n) is 2.80. The molecule has 6 heteroatoms. The van der Waals surface area contributed by atoms with Crippen molar-refractivity contribution < 1.29 is 19.1 Å². The Kier molecular flexibility index (Phi) is 4.88. The summed E-state index contributed by atoms with van der Waals surface area (Å²) in [6, 6.07) is 12.7. The van der Waals surface area contributed by atoms with Crippen molar-refractivity contribution in [3.63, 3.8) is 0 Å². The summed E-state index contributed by atoms with van der Waals surface area (Å²) in [5, 5.41) is 2.86. The van der Waals surface area contributed by atoms with Crippen molar-refractivity contribution in [2.45, 2.75) is 13.3 Å². The van der Waals surface area contributed by atoms with E-state index in [1.165, 1.54) is 6.92 Å². The van der Waals surface area contributed by atoms with Gasteiger partial charge in [0.05, 0.1) is 25.8 Å². The van der Waals surface area contributed by atoms with E-state index in [0.29, 0.717) is 24.6 Å². The maximum absolute atomic E-state index is 12.3. The normalized spacial score (nSPS) is 12.8. The Morgan fingerprint density at radius 1 is 1.24 bits per heavy atom. The Morgan fingerprint density at radius 3 is 2.84 bits per heavy atom. The number of anilines is 2. The highest BCUT2D eigenvalue weighted by Gasteiger charge is 2.21. The molecule has 0 fully saturated rings. The summed E-state index contributed by atoms with van der Waals surface area (Å²) in [7, 11) is 1.59. The highest BCUT2D eigenvalue weighted by atomic mass is 16.5.